The van der Waals surface area contributed by atoms with Gasteiger partial charge in [0.05, 0.1) is 7.11 Å². The molecule has 0 radical (unpaired) electrons. The van der Waals surface area contributed by atoms with Gasteiger partial charge in [0.2, 0.25) is 5.91 Å². The molecule has 3 aromatic carbocycles. The Morgan fingerprint density at radius 1 is 0.829 bits per heavy atom. The van der Waals surface area contributed by atoms with Gasteiger partial charge < -0.3 is 14.5 Å². The Morgan fingerprint density at radius 2 is 1.43 bits per heavy atom. The summed E-state index contributed by atoms with van der Waals surface area (Å²) >= 11 is 0. The minimum Gasteiger partial charge on any atom is -0.497 e. The largest absolute Gasteiger partial charge is 0.497 e. The standard InChI is InChI=1S/C30H36N2O3/c1-4-24(2)32(30(34)27-15-17-28(35-3)18-16-27)22-20-29(33)31(23-26-13-9-6-10-14-26)21-19-25-11-7-5-8-12-25/h5-18,24H,4,19-23H2,1-3H3. The number of amides is 2. The molecule has 3 rings (SSSR count). The SMILES string of the molecule is CCC(C)N(CCC(=O)N(CCc1ccccc1)Cc1ccccc1)C(=O)c1ccc(OC)cc1. The lowest BCUT2D eigenvalue weighted by Gasteiger charge is -2.30. The molecule has 35 heavy (non-hydrogen) atoms. The number of ether oxygens (including phenoxy) is 1. The van der Waals surface area contributed by atoms with Gasteiger partial charge in [0.15, 0.2) is 0 Å². The van der Waals surface area contributed by atoms with Crippen LogP contribution in [0.1, 0.15) is 48.2 Å². The van der Waals surface area contributed by atoms with E-state index in [2.05, 4.69) is 19.1 Å². The first-order chi connectivity index (χ1) is 17.0. The van der Waals surface area contributed by atoms with Gasteiger partial charge in [0.25, 0.3) is 5.91 Å². The molecule has 3 aromatic rings. The number of hydrogen-bond acceptors (Lipinski definition) is 3. The smallest absolute Gasteiger partial charge is 0.254 e. The van der Waals surface area contributed by atoms with Crippen molar-refractivity contribution in [3.8, 4) is 5.75 Å². The van der Waals surface area contributed by atoms with Crippen LogP contribution < -0.4 is 4.74 Å². The van der Waals surface area contributed by atoms with E-state index in [0.29, 0.717) is 30.9 Å². The van der Waals surface area contributed by atoms with E-state index in [4.69, 9.17) is 4.74 Å². The highest BCUT2D eigenvalue weighted by molar-refractivity contribution is 5.94. The van der Waals surface area contributed by atoms with Gasteiger partial charge in [-0.3, -0.25) is 9.59 Å². The zero-order valence-electron chi connectivity index (χ0n) is 21.0. The second-order valence-corrected chi connectivity index (χ2v) is 8.77. The number of carbonyl (C=O) groups is 2. The molecule has 1 unspecified atom stereocenters. The van der Waals surface area contributed by atoms with Crippen molar-refractivity contribution in [2.24, 2.45) is 0 Å². The van der Waals surface area contributed by atoms with Crippen LogP contribution in [0.15, 0.2) is 84.9 Å². The molecule has 2 amide bonds. The van der Waals surface area contributed by atoms with Crippen LogP contribution in [0.2, 0.25) is 0 Å². The normalized spacial score (nSPS) is 11.5. The van der Waals surface area contributed by atoms with Crippen molar-refractivity contribution in [3.63, 3.8) is 0 Å². The number of carbonyl (C=O) groups excluding carboxylic acids is 2. The first-order valence-electron chi connectivity index (χ1n) is 12.3. The Morgan fingerprint density at radius 3 is 2.00 bits per heavy atom. The Kier molecular flexibility index (Phi) is 9.91. The molecule has 0 aromatic heterocycles. The van der Waals surface area contributed by atoms with Crippen molar-refractivity contribution in [1.29, 1.82) is 0 Å². The lowest BCUT2D eigenvalue weighted by Crippen LogP contribution is -2.42. The first-order valence-corrected chi connectivity index (χ1v) is 12.3. The molecule has 184 valence electrons. The van der Waals surface area contributed by atoms with E-state index in [1.165, 1.54) is 5.56 Å². The van der Waals surface area contributed by atoms with Gasteiger partial charge in [-0.05, 0) is 55.2 Å². The summed E-state index contributed by atoms with van der Waals surface area (Å²) in [4.78, 5) is 30.4. The molecule has 0 aliphatic rings. The van der Waals surface area contributed by atoms with E-state index >= 15 is 0 Å². The monoisotopic (exact) mass is 472 g/mol. The maximum absolute atomic E-state index is 13.4. The van der Waals surface area contributed by atoms with E-state index in [-0.39, 0.29) is 24.3 Å². The predicted molar refractivity (Wildman–Crippen MR) is 140 cm³/mol. The Bertz CT molecular complexity index is 1050. The molecule has 5 nitrogen and oxygen atoms in total. The molecule has 0 N–H and O–H groups in total. The van der Waals surface area contributed by atoms with Crippen LogP contribution in [0.4, 0.5) is 0 Å². The van der Waals surface area contributed by atoms with Crippen molar-refractivity contribution < 1.29 is 14.3 Å². The van der Waals surface area contributed by atoms with Gasteiger partial charge in [-0.1, -0.05) is 67.6 Å². The first kappa shape index (κ1) is 26.0. The highest BCUT2D eigenvalue weighted by Gasteiger charge is 2.23. The molecule has 0 fully saturated rings. The third kappa shape index (κ3) is 7.71. The fraction of sp³-hybridized carbons (Fsp3) is 0.333. The lowest BCUT2D eigenvalue weighted by atomic mass is 10.1. The van der Waals surface area contributed by atoms with Crippen molar-refractivity contribution >= 4 is 11.8 Å². The number of nitrogens with zero attached hydrogens (tertiary/aromatic N) is 2. The summed E-state index contributed by atoms with van der Waals surface area (Å²) in [6, 6.07) is 27.4. The number of benzene rings is 3. The molecular weight excluding hydrogens is 436 g/mol. The quantitative estimate of drug-likeness (QED) is 0.345. The second-order valence-electron chi connectivity index (χ2n) is 8.77. The predicted octanol–water partition coefficient (Wildman–Crippen LogP) is 5.60. The van der Waals surface area contributed by atoms with Crippen LogP contribution in [-0.4, -0.2) is 47.9 Å². The Hall–Kier alpha value is -3.60. The van der Waals surface area contributed by atoms with Gasteiger partial charge in [-0.25, -0.2) is 0 Å². The van der Waals surface area contributed by atoms with E-state index in [1.807, 2.05) is 65.3 Å². The molecule has 0 aliphatic carbocycles. The van der Waals surface area contributed by atoms with Crippen molar-refractivity contribution in [1.82, 2.24) is 9.80 Å². The average molecular weight is 473 g/mol. The maximum Gasteiger partial charge on any atom is 0.254 e. The van der Waals surface area contributed by atoms with Crippen LogP contribution in [0.5, 0.6) is 5.75 Å². The Labute approximate surface area is 209 Å². The van der Waals surface area contributed by atoms with E-state index in [1.54, 1.807) is 31.4 Å². The van der Waals surface area contributed by atoms with Crippen molar-refractivity contribution in [2.45, 2.75) is 45.7 Å². The molecule has 0 heterocycles. The number of methoxy groups -OCH3 is 1. The van der Waals surface area contributed by atoms with Crippen LogP contribution >= 0.6 is 0 Å². The van der Waals surface area contributed by atoms with Gasteiger partial charge in [-0.15, -0.1) is 0 Å². The van der Waals surface area contributed by atoms with Gasteiger partial charge >= 0.3 is 0 Å². The Balaban J connectivity index is 1.70. The van der Waals surface area contributed by atoms with E-state index in [0.717, 1.165) is 18.4 Å². The number of hydrogen-bond donors (Lipinski definition) is 0. The summed E-state index contributed by atoms with van der Waals surface area (Å²) in [6.45, 7) is 5.66. The summed E-state index contributed by atoms with van der Waals surface area (Å²) < 4.78 is 5.21. The molecule has 5 heteroatoms. The topological polar surface area (TPSA) is 49.9 Å². The number of rotatable bonds is 12. The summed E-state index contributed by atoms with van der Waals surface area (Å²) in [6.07, 6.45) is 1.89. The van der Waals surface area contributed by atoms with Crippen molar-refractivity contribution in [2.75, 3.05) is 20.2 Å². The summed E-state index contributed by atoms with van der Waals surface area (Å²) in [7, 11) is 1.60. The minimum absolute atomic E-state index is 0.0318. The fourth-order valence-electron chi connectivity index (χ4n) is 4.02. The molecule has 0 bridgehead atoms. The third-order valence-corrected chi connectivity index (χ3v) is 6.37. The molecule has 0 saturated carbocycles. The fourth-order valence-corrected chi connectivity index (χ4v) is 4.02. The lowest BCUT2D eigenvalue weighted by molar-refractivity contribution is -0.132. The summed E-state index contributed by atoms with van der Waals surface area (Å²) in [5.74, 6) is 0.705. The third-order valence-electron chi connectivity index (χ3n) is 6.37. The molecule has 0 aliphatic heterocycles. The van der Waals surface area contributed by atoms with Crippen LogP contribution in [0.25, 0.3) is 0 Å². The van der Waals surface area contributed by atoms with Crippen LogP contribution in [0, 0.1) is 0 Å². The highest BCUT2D eigenvalue weighted by atomic mass is 16.5. The summed E-state index contributed by atoms with van der Waals surface area (Å²) in [5, 5.41) is 0. The van der Waals surface area contributed by atoms with Crippen molar-refractivity contribution in [3.05, 3.63) is 102 Å². The summed E-state index contributed by atoms with van der Waals surface area (Å²) in [5.41, 5.74) is 2.90. The maximum atomic E-state index is 13.4. The average Bonchev–Trinajstić information content (AvgIpc) is 2.91. The minimum atomic E-state index is -0.0614. The molecule has 1 atom stereocenters. The van der Waals surface area contributed by atoms with Gasteiger partial charge in [-0.2, -0.15) is 0 Å². The zero-order chi connectivity index (χ0) is 25.0. The zero-order valence-corrected chi connectivity index (χ0v) is 21.0. The molecule has 0 saturated heterocycles. The highest BCUT2D eigenvalue weighted by Crippen LogP contribution is 2.17. The van der Waals surface area contributed by atoms with Gasteiger partial charge in [0.1, 0.15) is 5.75 Å². The molecule has 0 spiro atoms. The van der Waals surface area contributed by atoms with E-state index in [9.17, 15) is 9.59 Å². The second kappa shape index (κ2) is 13.3. The van der Waals surface area contributed by atoms with Gasteiger partial charge in [0, 0.05) is 37.7 Å². The van der Waals surface area contributed by atoms with Crippen LogP contribution in [0.3, 0.4) is 0 Å². The molecular formula is C30H36N2O3. The van der Waals surface area contributed by atoms with E-state index < -0.39 is 0 Å². The van der Waals surface area contributed by atoms with Crippen LogP contribution in [-0.2, 0) is 17.8 Å².